The molecule has 4 nitrogen and oxygen atoms in total. The van der Waals surface area contributed by atoms with E-state index in [-0.39, 0.29) is 0 Å². The van der Waals surface area contributed by atoms with Crippen molar-refractivity contribution < 1.29 is 5.11 Å². The Morgan fingerprint density at radius 3 is 2.92 bits per heavy atom. The predicted octanol–water partition coefficient (Wildman–Crippen LogP) is 3.65. The molecule has 0 spiro atoms. The quantitative estimate of drug-likeness (QED) is 0.906. The van der Waals surface area contributed by atoms with Gasteiger partial charge in [0.2, 0.25) is 0 Å². The highest BCUT2D eigenvalue weighted by Crippen LogP contribution is 2.53. The highest BCUT2D eigenvalue weighted by atomic mass is 16.3. The van der Waals surface area contributed by atoms with Crippen LogP contribution in [-0.2, 0) is 6.54 Å². The first-order valence-electron chi connectivity index (χ1n) is 9.68. The molecular formula is C20H27N3O. The molecule has 2 aliphatic carbocycles. The van der Waals surface area contributed by atoms with Crippen molar-refractivity contribution in [1.29, 1.82) is 0 Å². The van der Waals surface area contributed by atoms with Gasteiger partial charge in [0.05, 0.1) is 5.52 Å². The average molecular weight is 325 g/mol. The van der Waals surface area contributed by atoms with Gasteiger partial charge in [0.15, 0.2) is 0 Å². The van der Waals surface area contributed by atoms with E-state index in [0.717, 1.165) is 42.5 Å². The van der Waals surface area contributed by atoms with Crippen LogP contribution in [0.25, 0.3) is 11.0 Å². The minimum absolute atomic E-state index is 0.387. The van der Waals surface area contributed by atoms with Crippen molar-refractivity contribution in [3.8, 4) is 5.75 Å². The third-order valence-corrected chi connectivity index (χ3v) is 6.68. The molecule has 3 aliphatic rings. The van der Waals surface area contributed by atoms with Gasteiger partial charge in [0, 0.05) is 12.5 Å². The maximum Gasteiger partial charge on any atom is 0.141 e. The number of phenolic OH excluding ortho intramolecular Hbond substituents is 1. The van der Waals surface area contributed by atoms with Gasteiger partial charge in [-0.1, -0.05) is 12.5 Å². The second-order valence-corrected chi connectivity index (χ2v) is 8.22. The molecule has 2 saturated carbocycles. The van der Waals surface area contributed by atoms with Crippen LogP contribution in [0.4, 0.5) is 0 Å². The molecule has 4 atom stereocenters. The first kappa shape index (κ1) is 14.8. The van der Waals surface area contributed by atoms with E-state index in [1.807, 2.05) is 12.1 Å². The molecule has 2 aromatic rings. The standard InChI is InChI=1S/C20H27N3O/c24-18-5-1-4-17-19(18)23(12-14-3-2-8-21-11-14)20(22-17)16-10-13-6-7-15(16)9-13/h1,4-5,13-16,21,24H,2-3,6-12H2. The Hall–Kier alpha value is -1.55. The Morgan fingerprint density at radius 2 is 2.17 bits per heavy atom. The molecule has 4 unspecified atom stereocenters. The summed E-state index contributed by atoms with van der Waals surface area (Å²) in [5.41, 5.74) is 1.93. The smallest absolute Gasteiger partial charge is 0.141 e. The fourth-order valence-corrected chi connectivity index (χ4v) is 5.55. The molecule has 1 saturated heterocycles. The zero-order valence-electron chi connectivity index (χ0n) is 14.2. The molecule has 5 rings (SSSR count). The van der Waals surface area contributed by atoms with Gasteiger partial charge < -0.3 is 15.0 Å². The van der Waals surface area contributed by atoms with Crippen LogP contribution in [0.3, 0.4) is 0 Å². The van der Waals surface area contributed by atoms with E-state index in [1.165, 1.54) is 44.3 Å². The van der Waals surface area contributed by atoms with Crippen LogP contribution < -0.4 is 5.32 Å². The van der Waals surface area contributed by atoms with Crippen LogP contribution in [0.2, 0.25) is 0 Å². The van der Waals surface area contributed by atoms with Gasteiger partial charge in [-0.05, 0) is 75.1 Å². The van der Waals surface area contributed by atoms with Crippen molar-refractivity contribution in [2.24, 2.45) is 17.8 Å². The largest absolute Gasteiger partial charge is 0.506 e. The molecular weight excluding hydrogens is 298 g/mol. The SMILES string of the molecule is Oc1cccc2nc(C3CC4CCC3C4)n(CC3CCCNC3)c12. The summed E-state index contributed by atoms with van der Waals surface area (Å²) in [5.74, 6) is 4.62. The van der Waals surface area contributed by atoms with E-state index in [4.69, 9.17) is 4.98 Å². The van der Waals surface area contributed by atoms with Crippen LogP contribution in [-0.4, -0.2) is 27.7 Å². The Balaban J connectivity index is 1.57. The van der Waals surface area contributed by atoms with Crippen molar-refractivity contribution in [1.82, 2.24) is 14.9 Å². The lowest BCUT2D eigenvalue weighted by Crippen LogP contribution is -2.32. The number of aromatic hydroxyl groups is 1. The molecule has 24 heavy (non-hydrogen) atoms. The first-order valence-corrected chi connectivity index (χ1v) is 9.68. The van der Waals surface area contributed by atoms with Crippen LogP contribution in [0.1, 0.15) is 50.3 Å². The molecule has 1 aliphatic heterocycles. The number of nitrogens with one attached hydrogen (secondary N) is 1. The van der Waals surface area contributed by atoms with Gasteiger partial charge in [-0.15, -0.1) is 0 Å². The lowest BCUT2D eigenvalue weighted by Gasteiger charge is -2.27. The maximum atomic E-state index is 10.5. The number of hydrogen-bond acceptors (Lipinski definition) is 3. The normalized spacial score (nSPS) is 32.7. The number of aromatic nitrogens is 2. The molecule has 0 amide bonds. The topological polar surface area (TPSA) is 50.1 Å². The van der Waals surface area contributed by atoms with Gasteiger partial charge in [0.1, 0.15) is 17.1 Å². The van der Waals surface area contributed by atoms with E-state index >= 15 is 0 Å². The van der Waals surface area contributed by atoms with Gasteiger partial charge in [-0.2, -0.15) is 0 Å². The van der Waals surface area contributed by atoms with Crippen molar-refractivity contribution >= 4 is 11.0 Å². The van der Waals surface area contributed by atoms with Crippen molar-refractivity contribution in [2.75, 3.05) is 13.1 Å². The number of hydrogen-bond donors (Lipinski definition) is 2. The summed E-state index contributed by atoms with van der Waals surface area (Å²) >= 11 is 0. The van der Waals surface area contributed by atoms with Crippen molar-refractivity contribution in [3.63, 3.8) is 0 Å². The molecule has 0 radical (unpaired) electrons. The first-order chi connectivity index (χ1) is 11.8. The lowest BCUT2D eigenvalue weighted by atomic mass is 9.88. The van der Waals surface area contributed by atoms with Crippen LogP contribution in [0.15, 0.2) is 18.2 Å². The summed E-state index contributed by atoms with van der Waals surface area (Å²) in [4.78, 5) is 5.02. The van der Waals surface area contributed by atoms with Crippen LogP contribution in [0.5, 0.6) is 5.75 Å². The monoisotopic (exact) mass is 325 g/mol. The Morgan fingerprint density at radius 1 is 1.21 bits per heavy atom. The number of phenols is 1. The van der Waals surface area contributed by atoms with E-state index in [1.54, 1.807) is 0 Å². The number of rotatable bonds is 3. The van der Waals surface area contributed by atoms with Gasteiger partial charge in [0.25, 0.3) is 0 Å². The Bertz CT molecular complexity index is 747. The van der Waals surface area contributed by atoms with E-state index < -0.39 is 0 Å². The summed E-state index contributed by atoms with van der Waals surface area (Å²) in [6.07, 6.45) is 8.01. The average Bonchev–Trinajstić information content (AvgIpc) is 3.30. The molecule has 128 valence electrons. The number of nitrogens with zero attached hydrogens (tertiary/aromatic N) is 2. The third kappa shape index (κ3) is 2.34. The molecule has 3 fully saturated rings. The van der Waals surface area contributed by atoms with E-state index in [0.29, 0.717) is 17.6 Å². The number of imidazole rings is 1. The summed E-state index contributed by atoms with van der Waals surface area (Å²) in [5, 5.41) is 14.0. The van der Waals surface area contributed by atoms with Gasteiger partial charge >= 0.3 is 0 Å². The highest BCUT2D eigenvalue weighted by molar-refractivity contribution is 5.82. The summed E-state index contributed by atoms with van der Waals surface area (Å²) in [6.45, 7) is 3.22. The fraction of sp³-hybridized carbons (Fsp3) is 0.650. The molecule has 4 heteroatoms. The second kappa shape index (κ2) is 5.76. The van der Waals surface area contributed by atoms with E-state index in [2.05, 4.69) is 16.0 Å². The van der Waals surface area contributed by atoms with Crippen LogP contribution >= 0.6 is 0 Å². The van der Waals surface area contributed by atoms with Crippen LogP contribution in [0, 0.1) is 17.8 Å². The van der Waals surface area contributed by atoms with E-state index in [9.17, 15) is 5.11 Å². The minimum atomic E-state index is 0.387. The predicted molar refractivity (Wildman–Crippen MR) is 95.2 cm³/mol. The Labute approximate surface area is 143 Å². The molecule has 2 heterocycles. The summed E-state index contributed by atoms with van der Waals surface area (Å²) < 4.78 is 2.38. The summed E-state index contributed by atoms with van der Waals surface area (Å²) in [6, 6.07) is 5.79. The Kier molecular flexibility index (Phi) is 3.55. The third-order valence-electron chi connectivity index (χ3n) is 6.68. The molecule has 1 aromatic carbocycles. The molecule has 2 bridgehead atoms. The molecule has 1 aromatic heterocycles. The van der Waals surface area contributed by atoms with Crippen molar-refractivity contribution in [3.05, 3.63) is 24.0 Å². The maximum absolute atomic E-state index is 10.5. The second-order valence-electron chi connectivity index (χ2n) is 8.22. The lowest BCUT2D eigenvalue weighted by molar-refractivity contribution is 0.323. The van der Waals surface area contributed by atoms with Gasteiger partial charge in [-0.25, -0.2) is 4.98 Å². The van der Waals surface area contributed by atoms with Crippen molar-refractivity contribution in [2.45, 2.75) is 51.0 Å². The number of piperidine rings is 1. The number of benzene rings is 1. The van der Waals surface area contributed by atoms with Gasteiger partial charge in [-0.3, -0.25) is 0 Å². The fourth-order valence-electron chi connectivity index (χ4n) is 5.55. The summed E-state index contributed by atoms with van der Waals surface area (Å²) in [7, 11) is 0. The minimum Gasteiger partial charge on any atom is -0.506 e. The zero-order chi connectivity index (χ0) is 16.1. The zero-order valence-corrected chi connectivity index (χ0v) is 14.2. The number of fused-ring (bicyclic) bond motifs is 3. The highest BCUT2D eigenvalue weighted by Gasteiger charge is 2.42. The molecule has 2 N–H and O–H groups in total. The number of para-hydroxylation sites is 1.